The van der Waals surface area contributed by atoms with E-state index in [0.717, 1.165) is 11.4 Å². The molecule has 6 heteroatoms. The van der Waals surface area contributed by atoms with Crippen molar-refractivity contribution in [2.45, 2.75) is 0 Å². The number of nitrogens with one attached hydrogen (secondary N) is 1. The number of hydrogen-bond donors (Lipinski definition) is 1. The molecule has 0 saturated heterocycles. The first-order valence-electron chi connectivity index (χ1n) is 6.79. The molecule has 0 saturated carbocycles. The monoisotopic (exact) mass is 293 g/mol. The molecule has 0 bridgehead atoms. The first kappa shape index (κ1) is 13.9. The fourth-order valence-corrected chi connectivity index (χ4v) is 2.03. The van der Waals surface area contributed by atoms with E-state index in [4.69, 9.17) is 0 Å². The zero-order valence-electron chi connectivity index (χ0n) is 12.3. The molecule has 1 aromatic carbocycles. The molecule has 1 N–H and O–H groups in total. The Labute approximate surface area is 127 Å². The van der Waals surface area contributed by atoms with Crippen molar-refractivity contribution in [3.05, 3.63) is 54.5 Å². The maximum atomic E-state index is 12.3. The summed E-state index contributed by atoms with van der Waals surface area (Å²) in [6.07, 6.45) is 4.65. The predicted octanol–water partition coefficient (Wildman–Crippen LogP) is 2.34. The molecule has 0 atom stereocenters. The number of fused-ring (bicyclic) bond motifs is 1. The molecule has 2 heterocycles. The summed E-state index contributed by atoms with van der Waals surface area (Å²) in [4.78, 5) is 26.6. The van der Waals surface area contributed by atoms with E-state index in [-0.39, 0.29) is 5.91 Å². The Morgan fingerprint density at radius 3 is 2.50 bits per heavy atom. The molecule has 0 radical (unpaired) electrons. The summed E-state index contributed by atoms with van der Waals surface area (Å²) in [6.45, 7) is 0. The molecule has 6 nitrogen and oxygen atoms in total. The van der Waals surface area contributed by atoms with E-state index in [1.807, 2.05) is 43.3 Å². The third-order valence-electron chi connectivity index (χ3n) is 3.23. The van der Waals surface area contributed by atoms with Gasteiger partial charge in [-0.3, -0.25) is 9.78 Å². The van der Waals surface area contributed by atoms with E-state index < -0.39 is 0 Å². The number of rotatable bonds is 3. The fourth-order valence-electron chi connectivity index (χ4n) is 2.03. The SMILES string of the molecule is CN(C)c1ccc(NC(=O)c2cnc3nccnc3c2)cc1. The molecule has 3 rings (SSSR count). The van der Waals surface area contributed by atoms with Gasteiger partial charge in [0.2, 0.25) is 0 Å². The van der Waals surface area contributed by atoms with E-state index in [2.05, 4.69) is 20.3 Å². The highest BCUT2D eigenvalue weighted by Gasteiger charge is 2.09. The van der Waals surface area contributed by atoms with Gasteiger partial charge in [0.1, 0.15) is 5.52 Å². The molecule has 0 aliphatic heterocycles. The van der Waals surface area contributed by atoms with Crippen molar-refractivity contribution in [1.82, 2.24) is 15.0 Å². The molecule has 0 spiro atoms. The second-order valence-electron chi connectivity index (χ2n) is 5.02. The van der Waals surface area contributed by atoms with Crippen LogP contribution >= 0.6 is 0 Å². The number of pyridine rings is 1. The molecule has 110 valence electrons. The van der Waals surface area contributed by atoms with Gasteiger partial charge in [-0.05, 0) is 30.3 Å². The molecular weight excluding hydrogens is 278 g/mol. The van der Waals surface area contributed by atoms with Crippen molar-refractivity contribution in [2.24, 2.45) is 0 Å². The third kappa shape index (κ3) is 2.85. The van der Waals surface area contributed by atoms with Gasteiger partial charge in [0.25, 0.3) is 5.91 Å². The van der Waals surface area contributed by atoms with Gasteiger partial charge in [0.15, 0.2) is 5.65 Å². The summed E-state index contributed by atoms with van der Waals surface area (Å²) < 4.78 is 0. The number of carbonyl (C=O) groups is 1. The zero-order chi connectivity index (χ0) is 15.5. The van der Waals surface area contributed by atoms with Crippen LogP contribution in [0.4, 0.5) is 11.4 Å². The van der Waals surface area contributed by atoms with Gasteiger partial charge < -0.3 is 10.2 Å². The van der Waals surface area contributed by atoms with Crippen molar-refractivity contribution in [3.8, 4) is 0 Å². The molecule has 0 aliphatic carbocycles. The van der Waals surface area contributed by atoms with E-state index >= 15 is 0 Å². The van der Waals surface area contributed by atoms with Gasteiger partial charge in [0, 0.05) is 44.1 Å². The number of nitrogens with zero attached hydrogens (tertiary/aromatic N) is 4. The number of benzene rings is 1. The molecule has 1 amide bonds. The molecule has 2 aromatic heterocycles. The Morgan fingerprint density at radius 2 is 1.77 bits per heavy atom. The van der Waals surface area contributed by atoms with Crippen LogP contribution in [0.25, 0.3) is 11.2 Å². The molecular formula is C16H15N5O. The highest BCUT2D eigenvalue weighted by Crippen LogP contribution is 2.17. The average molecular weight is 293 g/mol. The molecule has 3 aromatic rings. The lowest BCUT2D eigenvalue weighted by atomic mass is 10.2. The van der Waals surface area contributed by atoms with Gasteiger partial charge in [-0.25, -0.2) is 9.97 Å². The Bertz CT molecular complexity index is 814. The van der Waals surface area contributed by atoms with Crippen LogP contribution in [0.5, 0.6) is 0 Å². The van der Waals surface area contributed by atoms with Crippen LogP contribution in [0.2, 0.25) is 0 Å². The lowest BCUT2D eigenvalue weighted by Crippen LogP contribution is -2.13. The summed E-state index contributed by atoms with van der Waals surface area (Å²) >= 11 is 0. The third-order valence-corrected chi connectivity index (χ3v) is 3.23. The lowest BCUT2D eigenvalue weighted by Gasteiger charge is -2.13. The minimum atomic E-state index is -0.224. The van der Waals surface area contributed by atoms with Crippen molar-refractivity contribution in [1.29, 1.82) is 0 Å². The van der Waals surface area contributed by atoms with Crippen LogP contribution in [0.1, 0.15) is 10.4 Å². The van der Waals surface area contributed by atoms with Crippen LogP contribution in [0.15, 0.2) is 48.9 Å². The van der Waals surface area contributed by atoms with Gasteiger partial charge in [-0.2, -0.15) is 0 Å². The molecule has 0 unspecified atom stereocenters. The smallest absolute Gasteiger partial charge is 0.257 e. The molecule has 0 aliphatic rings. The zero-order valence-corrected chi connectivity index (χ0v) is 12.3. The van der Waals surface area contributed by atoms with Crippen LogP contribution in [0, 0.1) is 0 Å². The second kappa shape index (κ2) is 5.77. The standard InChI is InChI=1S/C16H15N5O/c1-21(2)13-5-3-12(4-6-13)20-16(22)11-9-14-15(19-10-11)18-8-7-17-14/h3-10H,1-2H3,(H,20,22). The summed E-state index contributed by atoms with van der Waals surface area (Å²) in [5, 5.41) is 2.84. The average Bonchev–Trinajstić information content (AvgIpc) is 2.55. The number of hydrogen-bond acceptors (Lipinski definition) is 5. The quantitative estimate of drug-likeness (QED) is 0.802. The summed E-state index contributed by atoms with van der Waals surface area (Å²) in [5.74, 6) is -0.224. The van der Waals surface area contributed by atoms with Gasteiger partial charge in [-0.1, -0.05) is 0 Å². The number of aromatic nitrogens is 3. The summed E-state index contributed by atoms with van der Waals surface area (Å²) in [6, 6.07) is 9.29. The Balaban J connectivity index is 1.80. The van der Waals surface area contributed by atoms with Gasteiger partial charge in [-0.15, -0.1) is 0 Å². The first-order chi connectivity index (χ1) is 10.6. The van der Waals surface area contributed by atoms with E-state index in [0.29, 0.717) is 16.7 Å². The topological polar surface area (TPSA) is 71.0 Å². The Hall–Kier alpha value is -3.02. The maximum Gasteiger partial charge on any atom is 0.257 e. The minimum Gasteiger partial charge on any atom is -0.378 e. The lowest BCUT2D eigenvalue weighted by molar-refractivity contribution is 0.102. The summed E-state index contributed by atoms with van der Waals surface area (Å²) in [5.41, 5.74) is 3.37. The summed E-state index contributed by atoms with van der Waals surface area (Å²) in [7, 11) is 3.94. The van der Waals surface area contributed by atoms with Gasteiger partial charge in [0.05, 0.1) is 5.56 Å². The van der Waals surface area contributed by atoms with Crippen LogP contribution in [-0.2, 0) is 0 Å². The van der Waals surface area contributed by atoms with Crippen molar-refractivity contribution in [2.75, 3.05) is 24.3 Å². The normalized spacial score (nSPS) is 10.5. The maximum absolute atomic E-state index is 12.3. The number of carbonyl (C=O) groups excluding carboxylic acids is 1. The highest BCUT2D eigenvalue weighted by molar-refractivity contribution is 6.05. The van der Waals surface area contributed by atoms with Crippen LogP contribution in [-0.4, -0.2) is 35.0 Å². The molecule has 0 fully saturated rings. The second-order valence-corrected chi connectivity index (χ2v) is 5.02. The van der Waals surface area contributed by atoms with Crippen LogP contribution in [0.3, 0.4) is 0 Å². The van der Waals surface area contributed by atoms with Crippen molar-refractivity contribution < 1.29 is 4.79 Å². The largest absolute Gasteiger partial charge is 0.378 e. The predicted molar refractivity (Wildman–Crippen MR) is 86.1 cm³/mol. The van der Waals surface area contributed by atoms with Crippen molar-refractivity contribution in [3.63, 3.8) is 0 Å². The van der Waals surface area contributed by atoms with Crippen molar-refractivity contribution >= 4 is 28.4 Å². The number of anilines is 2. The Morgan fingerprint density at radius 1 is 1.05 bits per heavy atom. The van der Waals surface area contributed by atoms with E-state index in [9.17, 15) is 4.79 Å². The first-order valence-corrected chi connectivity index (χ1v) is 6.79. The fraction of sp³-hybridized carbons (Fsp3) is 0.125. The number of amides is 1. The molecule has 22 heavy (non-hydrogen) atoms. The Kier molecular flexibility index (Phi) is 3.65. The highest BCUT2D eigenvalue weighted by atomic mass is 16.1. The van der Waals surface area contributed by atoms with Crippen LogP contribution < -0.4 is 10.2 Å². The van der Waals surface area contributed by atoms with E-state index in [1.165, 1.54) is 6.20 Å². The minimum absolute atomic E-state index is 0.224. The van der Waals surface area contributed by atoms with Gasteiger partial charge >= 0.3 is 0 Å². The van der Waals surface area contributed by atoms with E-state index in [1.54, 1.807) is 18.5 Å².